The summed E-state index contributed by atoms with van der Waals surface area (Å²) >= 11 is 1.08. The number of para-hydroxylation sites is 1. The van der Waals surface area contributed by atoms with E-state index in [1.807, 2.05) is 37.3 Å². The highest BCUT2D eigenvalue weighted by molar-refractivity contribution is 7.07. The lowest BCUT2D eigenvalue weighted by atomic mass is 10.2. The van der Waals surface area contributed by atoms with Crippen LogP contribution in [0.4, 0.5) is 5.69 Å². The molecule has 0 saturated heterocycles. The molecule has 4 rings (SSSR count). The molecule has 0 aliphatic rings. The summed E-state index contributed by atoms with van der Waals surface area (Å²) in [6.45, 7) is 2.42. The van der Waals surface area contributed by atoms with Crippen molar-refractivity contribution in [3.63, 3.8) is 0 Å². The standard InChI is InChI=1S/C28H23N3O4S/c1-3-35-22-14-12-20(13-15-22)30-26(32)24(18-29)28-31(21-9-5-4-6-10-21)27(33)25(36-28)17-19-8-7-11-23(16-19)34-2/h4-17H,3H2,1-2H3,(H,30,32)/b25-17-,28-24-. The van der Waals surface area contributed by atoms with Crippen molar-refractivity contribution in [1.82, 2.24) is 4.57 Å². The molecule has 1 aromatic heterocycles. The van der Waals surface area contributed by atoms with Gasteiger partial charge < -0.3 is 14.8 Å². The minimum atomic E-state index is -0.611. The van der Waals surface area contributed by atoms with E-state index in [4.69, 9.17) is 9.47 Å². The van der Waals surface area contributed by atoms with Crippen molar-refractivity contribution < 1.29 is 14.3 Å². The Morgan fingerprint density at radius 1 is 1.06 bits per heavy atom. The fourth-order valence-corrected chi connectivity index (χ4v) is 4.64. The number of amides is 1. The molecule has 0 atom stereocenters. The van der Waals surface area contributed by atoms with Gasteiger partial charge in [0, 0.05) is 5.69 Å². The Hall–Kier alpha value is -4.61. The minimum absolute atomic E-state index is 0.167. The maximum atomic E-state index is 13.5. The predicted octanol–water partition coefficient (Wildman–Crippen LogP) is 3.45. The Morgan fingerprint density at radius 2 is 1.81 bits per heavy atom. The SMILES string of the molecule is CCOc1ccc(NC(=O)/C(C#N)=c2\s/c(=C\c3cccc(OC)c3)c(=O)n2-c2ccccc2)cc1. The molecule has 0 saturated carbocycles. The number of hydrogen-bond donors (Lipinski definition) is 1. The number of thiazole rings is 1. The summed E-state index contributed by atoms with van der Waals surface area (Å²) in [5, 5.41) is 12.7. The molecule has 0 radical (unpaired) electrons. The number of anilines is 1. The summed E-state index contributed by atoms with van der Waals surface area (Å²) in [6, 6.07) is 25.1. The second-order valence-corrected chi connectivity index (χ2v) is 8.60. The Bertz CT molecular complexity index is 1600. The molecule has 0 aliphatic carbocycles. The Morgan fingerprint density at radius 3 is 2.47 bits per heavy atom. The van der Waals surface area contributed by atoms with Crippen molar-refractivity contribution >= 4 is 34.6 Å². The monoisotopic (exact) mass is 497 g/mol. The van der Waals surface area contributed by atoms with Crippen molar-refractivity contribution in [3.8, 4) is 23.3 Å². The van der Waals surface area contributed by atoms with Gasteiger partial charge >= 0.3 is 0 Å². The number of nitrogens with one attached hydrogen (secondary N) is 1. The largest absolute Gasteiger partial charge is 0.497 e. The topological polar surface area (TPSA) is 93.3 Å². The van der Waals surface area contributed by atoms with Crippen LogP contribution < -0.4 is 29.5 Å². The average Bonchev–Trinajstić information content (AvgIpc) is 3.21. The van der Waals surface area contributed by atoms with Gasteiger partial charge in [-0.3, -0.25) is 14.2 Å². The van der Waals surface area contributed by atoms with Crippen molar-refractivity contribution in [2.75, 3.05) is 19.0 Å². The van der Waals surface area contributed by atoms with Crippen LogP contribution in [0.5, 0.6) is 11.5 Å². The molecule has 1 N–H and O–H groups in total. The van der Waals surface area contributed by atoms with E-state index in [1.165, 1.54) is 4.57 Å². The van der Waals surface area contributed by atoms with Gasteiger partial charge in [0.2, 0.25) is 0 Å². The molecule has 3 aromatic carbocycles. The second-order valence-electron chi connectivity index (χ2n) is 7.57. The smallest absolute Gasteiger partial charge is 0.273 e. The molecule has 180 valence electrons. The summed E-state index contributed by atoms with van der Waals surface area (Å²) in [7, 11) is 1.57. The first-order valence-corrected chi connectivity index (χ1v) is 12.0. The average molecular weight is 498 g/mol. The van der Waals surface area contributed by atoms with Crippen molar-refractivity contribution in [1.29, 1.82) is 5.26 Å². The molecule has 4 aromatic rings. The summed E-state index contributed by atoms with van der Waals surface area (Å²) < 4.78 is 12.7. The number of hydrogen-bond acceptors (Lipinski definition) is 6. The maximum absolute atomic E-state index is 13.5. The maximum Gasteiger partial charge on any atom is 0.273 e. The number of rotatable bonds is 7. The number of aromatic nitrogens is 1. The predicted molar refractivity (Wildman–Crippen MR) is 141 cm³/mol. The third-order valence-corrected chi connectivity index (χ3v) is 6.30. The van der Waals surface area contributed by atoms with Crippen LogP contribution in [-0.2, 0) is 4.79 Å². The Balaban J connectivity index is 1.86. The van der Waals surface area contributed by atoms with Crippen molar-refractivity contribution in [2.24, 2.45) is 0 Å². The molecule has 8 heteroatoms. The highest BCUT2D eigenvalue weighted by Crippen LogP contribution is 2.16. The normalized spacial score (nSPS) is 12.0. The van der Waals surface area contributed by atoms with Gasteiger partial charge in [-0.05, 0) is 67.1 Å². The number of nitrogens with zero attached hydrogens (tertiary/aromatic N) is 2. The first kappa shape index (κ1) is 24.5. The molecule has 0 aliphatic heterocycles. The van der Waals surface area contributed by atoms with Crippen molar-refractivity contribution in [3.05, 3.63) is 104 Å². The van der Waals surface area contributed by atoms with E-state index in [9.17, 15) is 14.9 Å². The van der Waals surface area contributed by atoms with E-state index in [-0.39, 0.29) is 15.8 Å². The number of benzene rings is 3. The number of nitriles is 1. The molecular weight excluding hydrogens is 474 g/mol. The van der Waals surface area contributed by atoms with Gasteiger partial charge in [-0.25, -0.2) is 0 Å². The first-order valence-electron chi connectivity index (χ1n) is 11.2. The van der Waals surface area contributed by atoms with Gasteiger partial charge in [-0.2, -0.15) is 5.26 Å². The van der Waals surface area contributed by atoms with Crippen LogP contribution in [0.3, 0.4) is 0 Å². The lowest BCUT2D eigenvalue weighted by molar-refractivity contribution is -0.111. The van der Waals surface area contributed by atoms with Gasteiger partial charge in [0.25, 0.3) is 11.5 Å². The number of ether oxygens (including phenoxy) is 2. The minimum Gasteiger partial charge on any atom is -0.497 e. The molecule has 0 spiro atoms. The van der Waals surface area contributed by atoms with E-state index in [2.05, 4.69) is 5.32 Å². The third-order valence-electron chi connectivity index (χ3n) is 5.21. The van der Waals surface area contributed by atoms with Crippen LogP contribution in [0.1, 0.15) is 12.5 Å². The molecule has 1 heterocycles. The highest BCUT2D eigenvalue weighted by Gasteiger charge is 2.17. The quantitative estimate of drug-likeness (QED) is 0.422. The van der Waals surface area contributed by atoms with Crippen LogP contribution in [0.15, 0.2) is 83.7 Å². The number of methoxy groups -OCH3 is 1. The lowest BCUT2D eigenvalue weighted by Crippen LogP contribution is -2.32. The molecule has 7 nitrogen and oxygen atoms in total. The van der Waals surface area contributed by atoms with Gasteiger partial charge in [0.05, 0.1) is 23.9 Å². The highest BCUT2D eigenvalue weighted by atomic mass is 32.1. The van der Waals surface area contributed by atoms with Crippen LogP contribution in [0, 0.1) is 11.3 Å². The molecule has 0 bridgehead atoms. The van der Waals surface area contributed by atoms with Gasteiger partial charge in [0.15, 0.2) is 5.57 Å². The molecule has 36 heavy (non-hydrogen) atoms. The Kier molecular flexibility index (Phi) is 7.63. The van der Waals surface area contributed by atoms with Crippen LogP contribution in [-0.4, -0.2) is 24.2 Å². The van der Waals surface area contributed by atoms with Crippen LogP contribution in [0.25, 0.3) is 17.3 Å². The van der Waals surface area contributed by atoms with E-state index >= 15 is 0 Å². The lowest BCUT2D eigenvalue weighted by Gasteiger charge is -2.07. The summed E-state index contributed by atoms with van der Waals surface area (Å²) in [5.41, 5.74) is 1.33. The fraction of sp³-hybridized carbons (Fsp3) is 0.107. The summed E-state index contributed by atoms with van der Waals surface area (Å²) in [6.07, 6.45) is 1.72. The van der Waals surface area contributed by atoms with Crippen molar-refractivity contribution in [2.45, 2.75) is 6.92 Å². The summed E-state index contributed by atoms with van der Waals surface area (Å²) in [4.78, 5) is 26.7. The number of carbonyl (C=O) groups excluding carboxylic acids is 1. The zero-order valence-corrected chi connectivity index (χ0v) is 20.5. The van der Waals surface area contributed by atoms with E-state index in [0.29, 0.717) is 34.0 Å². The van der Waals surface area contributed by atoms with Crippen LogP contribution >= 0.6 is 11.3 Å². The van der Waals surface area contributed by atoms with Gasteiger partial charge in [-0.1, -0.05) is 30.3 Å². The van der Waals surface area contributed by atoms with Gasteiger partial charge in [0.1, 0.15) is 22.2 Å². The van der Waals surface area contributed by atoms with Gasteiger partial charge in [-0.15, -0.1) is 11.3 Å². The van der Waals surface area contributed by atoms with Crippen LogP contribution in [0.2, 0.25) is 0 Å². The zero-order chi connectivity index (χ0) is 25.5. The first-order chi connectivity index (χ1) is 17.5. The third kappa shape index (κ3) is 5.37. The Labute approximate surface area is 211 Å². The zero-order valence-electron chi connectivity index (χ0n) is 19.7. The molecule has 0 fully saturated rings. The molecular formula is C28H23N3O4S. The fourth-order valence-electron chi connectivity index (χ4n) is 3.53. The van der Waals surface area contributed by atoms with E-state index in [1.54, 1.807) is 67.8 Å². The summed E-state index contributed by atoms with van der Waals surface area (Å²) in [5.74, 6) is 0.720. The second kappa shape index (κ2) is 11.2. The van der Waals surface area contributed by atoms with E-state index in [0.717, 1.165) is 16.9 Å². The number of carbonyl (C=O) groups is 1. The van der Waals surface area contributed by atoms with E-state index < -0.39 is 5.91 Å². The molecule has 1 amide bonds. The molecule has 0 unspecified atom stereocenters.